The SMILES string of the molecule is O=C(O)[C@H](CS)N[C@]1(O)O[C@@H](CO)[C@H](O)[C@H]1O. The van der Waals surface area contributed by atoms with E-state index in [1.54, 1.807) is 0 Å². The van der Waals surface area contributed by atoms with Gasteiger partial charge in [0.1, 0.15) is 18.2 Å². The summed E-state index contributed by atoms with van der Waals surface area (Å²) in [4.78, 5) is 10.7. The van der Waals surface area contributed by atoms with E-state index in [1.165, 1.54) is 0 Å². The zero-order valence-electron chi connectivity index (χ0n) is 8.72. The van der Waals surface area contributed by atoms with Crippen LogP contribution in [0.25, 0.3) is 0 Å². The fourth-order valence-electron chi connectivity index (χ4n) is 1.50. The lowest BCUT2D eigenvalue weighted by Crippen LogP contribution is -2.60. The number of aliphatic hydroxyl groups excluding tert-OH is 3. The van der Waals surface area contributed by atoms with Crippen LogP contribution >= 0.6 is 12.6 Å². The van der Waals surface area contributed by atoms with E-state index in [1.807, 2.05) is 0 Å². The van der Waals surface area contributed by atoms with Gasteiger partial charge in [0, 0.05) is 5.75 Å². The minimum atomic E-state index is -2.43. The van der Waals surface area contributed by atoms with Gasteiger partial charge in [-0.2, -0.15) is 12.6 Å². The van der Waals surface area contributed by atoms with Gasteiger partial charge in [-0.05, 0) is 0 Å². The summed E-state index contributed by atoms with van der Waals surface area (Å²) in [5.74, 6) is -3.89. The molecule has 0 aromatic rings. The van der Waals surface area contributed by atoms with Crippen molar-refractivity contribution in [3.8, 4) is 0 Å². The Kier molecular flexibility index (Phi) is 4.72. The molecule has 0 aromatic heterocycles. The van der Waals surface area contributed by atoms with Gasteiger partial charge < -0.3 is 30.3 Å². The van der Waals surface area contributed by atoms with Gasteiger partial charge in [-0.15, -0.1) is 0 Å². The van der Waals surface area contributed by atoms with Gasteiger partial charge in [0.05, 0.1) is 6.61 Å². The number of hydrogen-bond acceptors (Lipinski definition) is 8. The highest BCUT2D eigenvalue weighted by molar-refractivity contribution is 7.80. The Balaban J connectivity index is 2.78. The van der Waals surface area contributed by atoms with Crippen LogP contribution in [0.4, 0.5) is 0 Å². The highest BCUT2D eigenvalue weighted by Crippen LogP contribution is 2.27. The summed E-state index contributed by atoms with van der Waals surface area (Å²) in [6, 6.07) is -1.28. The Morgan fingerprint density at radius 3 is 2.47 bits per heavy atom. The van der Waals surface area contributed by atoms with Gasteiger partial charge in [-0.25, -0.2) is 5.32 Å². The minimum absolute atomic E-state index is 0.159. The number of carboxylic acids is 1. The maximum absolute atomic E-state index is 10.7. The van der Waals surface area contributed by atoms with Gasteiger partial charge in [0.25, 0.3) is 5.91 Å². The van der Waals surface area contributed by atoms with Crippen LogP contribution in [0.1, 0.15) is 0 Å². The molecule has 6 N–H and O–H groups in total. The minimum Gasteiger partial charge on any atom is -0.480 e. The van der Waals surface area contributed by atoms with E-state index in [9.17, 15) is 20.1 Å². The summed E-state index contributed by atoms with van der Waals surface area (Å²) in [7, 11) is 0. The van der Waals surface area contributed by atoms with Crippen LogP contribution in [-0.4, -0.2) is 74.1 Å². The number of ether oxygens (including phenoxy) is 1. The van der Waals surface area contributed by atoms with Gasteiger partial charge in [-0.3, -0.25) is 4.79 Å². The zero-order chi connectivity index (χ0) is 13.2. The van der Waals surface area contributed by atoms with Crippen molar-refractivity contribution in [3.05, 3.63) is 0 Å². The molecule has 100 valence electrons. The quantitative estimate of drug-likeness (QED) is 0.204. The molecule has 0 unspecified atom stereocenters. The first-order chi connectivity index (χ1) is 7.85. The van der Waals surface area contributed by atoms with Crippen LogP contribution in [0.3, 0.4) is 0 Å². The van der Waals surface area contributed by atoms with E-state index in [4.69, 9.17) is 14.9 Å². The Morgan fingerprint density at radius 2 is 2.12 bits per heavy atom. The van der Waals surface area contributed by atoms with Crippen LogP contribution in [0.5, 0.6) is 0 Å². The van der Waals surface area contributed by atoms with Crippen molar-refractivity contribution >= 4 is 18.6 Å². The summed E-state index contributed by atoms with van der Waals surface area (Å²) in [5, 5.41) is 48.5. The first-order valence-electron chi connectivity index (χ1n) is 4.84. The summed E-state index contributed by atoms with van der Waals surface area (Å²) >= 11 is 3.76. The molecule has 8 nitrogen and oxygen atoms in total. The van der Waals surface area contributed by atoms with E-state index in [0.29, 0.717) is 0 Å². The normalized spacial score (nSPS) is 39.2. The van der Waals surface area contributed by atoms with Crippen LogP contribution in [0, 0.1) is 0 Å². The zero-order valence-corrected chi connectivity index (χ0v) is 9.62. The molecular formula is C8H15NO7S. The number of nitrogens with one attached hydrogen (secondary N) is 1. The summed E-state index contributed by atoms with van der Waals surface area (Å²) in [5.41, 5.74) is 0. The molecule has 5 atom stereocenters. The molecule has 0 saturated carbocycles. The van der Waals surface area contributed by atoms with Crippen molar-refractivity contribution in [1.29, 1.82) is 0 Å². The predicted octanol–water partition coefficient (Wildman–Crippen LogP) is -3.28. The maximum Gasteiger partial charge on any atom is 0.321 e. The number of carboxylic acid groups (broad SMARTS) is 1. The molecule has 1 rings (SSSR count). The lowest BCUT2D eigenvalue weighted by atomic mass is 10.1. The second kappa shape index (κ2) is 5.48. The third kappa shape index (κ3) is 2.88. The molecule has 1 heterocycles. The van der Waals surface area contributed by atoms with E-state index < -0.39 is 42.8 Å². The number of aliphatic hydroxyl groups is 4. The van der Waals surface area contributed by atoms with Gasteiger partial charge in [-0.1, -0.05) is 0 Å². The largest absolute Gasteiger partial charge is 0.480 e. The molecule has 1 fully saturated rings. The van der Waals surface area contributed by atoms with Crippen molar-refractivity contribution < 1.29 is 35.1 Å². The van der Waals surface area contributed by atoms with Crippen molar-refractivity contribution in [1.82, 2.24) is 5.32 Å². The number of thiol groups is 1. The van der Waals surface area contributed by atoms with Gasteiger partial charge >= 0.3 is 5.97 Å². The molecule has 0 aliphatic carbocycles. The number of carbonyl (C=O) groups is 1. The van der Waals surface area contributed by atoms with Gasteiger partial charge in [0.15, 0.2) is 6.10 Å². The van der Waals surface area contributed by atoms with Crippen molar-refractivity contribution in [2.75, 3.05) is 12.4 Å². The lowest BCUT2D eigenvalue weighted by molar-refractivity contribution is -0.254. The predicted molar refractivity (Wildman–Crippen MR) is 57.3 cm³/mol. The number of hydrogen-bond donors (Lipinski definition) is 7. The smallest absolute Gasteiger partial charge is 0.321 e. The molecular weight excluding hydrogens is 254 g/mol. The number of aliphatic carboxylic acids is 1. The van der Waals surface area contributed by atoms with Crippen molar-refractivity contribution in [2.24, 2.45) is 0 Å². The van der Waals surface area contributed by atoms with Crippen molar-refractivity contribution in [3.63, 3.8) is 0 Å². The molecule has 0 bridgehead atoms. The van der Waals surface area contributed by atoms with Crippen molar-refractivity contribution in [2.45, 2.75) is 30.3 Å². The van der Waals surface area contributed by atoms with E-state index in [2.05, 4.69) is 17.9 Å². The molecule has 0 amide bonds. The Hall–Kier alpha value is -0.420. The first kappa shape index (κ1) is 14.6. The summed E-state index contributed by atoms with van der Waals surface area (Å²) in [6.07, 6.45) is -4.50. The molecule has 1 aliphatic heterocycles. The van der Waals surface area contributed by atoms with Crippen LogP contribution < -0.4 is 5.32 Å². The third-order valence-corrected chi connectivity index (χ3v) is 2.84. The Morgan fingerprint density at radius 1 is 1.53 bits per heavy atom. The fraction of sp³-hybridized carbons (Fsp3) is 0.875. The van der Waals surface area contributed by atoms with Gasteiger partial charge in [0.2, 0.25) is 0 Å². The molecule has 0 spiro atoms. The molecule has 0 aromatic carbocycles. The van der Waals surface area contributed by atoms with Crippen LogP contribution in [-0.2, 0) is 9.53 Å². The second-order valence-electron chi connectivity index (χ2n) is 3.69. The van der Waals surface area contributed by atoms with E-state index in [0.717, 1.165) is 0 Å². The molecule has 0 radical (unpaired) electrons. The topological polar surface area (TPSA) is 139 Å². The third-order valence-electron chi connectivity index (χ3n) is 2.48. The highest BCUT2D eigenvalue weighted by Gasteiger charge is 2.54. The average Bonchev–Trinajstić information content (AvgIpc) is 2.50. The number of rotatable bonds is 5. The molecule has 1 aliphatic rings. The highest BCUT2D eigenvalue weighted by atomic mass is 32.1. The summed E-state index contributed by atoms with van der Waals surface area (Å²) < 4.78 is 4.80. The van der Waals surface area contributed by atoms with E-state index >= 15 is 0 Å². The van der Waals surface area contributed by atoms with Crippen LogP contribution in [0.2, 0.25) is 0 Å². The van der Waals surface area contributed by atoms with Crippen LogP contribution in [0.15, 0.2) is 0 Å². The Bertz CT molecular complexity index is 291. The summed E-state index contributed by atoms with van der Waals surface area (Å²) in [6.45, 7) is -0.624. The average molecular weight is 269 g/mol. The molecule has 17 heavy (non-hydrogen) atoms. The Labute approximate surface area is 102 Å². The second-order valence-corrected chi connectivity index (χ2v) is 4.05. The maximum atomic E-state index is 10.7. The molecule has 9 heteroatoms. The fourth-order valence-corrected chi connectivity index (χ4v) is 1.75. The first-order valence-corrected chi connectivity index (χ1v) is 5.47. The standard InChI is InChI=1S/C8H15NO7S/c10-1-4-5(11)6(12)8(15,16-4)9-3(2-17)7(13)14/h3-6,9-12,15,17H,1-2H2,(H,13,14)/t3-,4-,5-,6+,8+/m0/s1. The monoisotopic (exact) mass is 269 g/mol. The van der Waals surface area contributed by atoms with E-state index in [-0.39, 0.29) is 5.75 Å². The lowest BCUT2D eigenvalue weighted by Gasteiger charge is -2.29. The molecule has 1 saturated heterocycles.